The quantitative estimate of drug-likeness (QED) is 0.770. The minimum Gasteiger partial charge on any atom is -0.325 e. The third-order valence-electron chi connectivity index (χ3n) is 2.68. The van der Waals surface area contributed by atoms with Gasteiger partial charge in [0.2, 0.25) is 5.91 Å². The van der Waals surface area contributed by atoms with Crippen LogP contribution in [0.15, 0.2) is 30.3 Å². The molecule has 4 nitrogen and oxygen atoms in total. The fourth-order valence-corrected chi connectivity index (χ4v) is 1.55. The van der Waals surface area contributed by atoms with Crippen LogP contribution >= 0.6 is 0 Å². The summed E-state index contributed by atoms with van der Waals surface area (Å²) in [6.45, 7) is 3.47. The van der Waals surface area contributed by atoms with Crippen LogP contribution in [0.3, 0.4) is 0 Å². The van der Waals surface area contributed by atoms with Gasteiger partial charge in [0, 0.05) is 11.7 Å². The second kappa shape index (κ2) is 7.84. The summed E-state index contributed by atoms with van der Waals surface area (Å²) in [5.41, 5.74) is 0.838. The fourth-order valence-electron chi connectivity index (χ4n) is 1.55. The molecule has 0 aliphatic heterocycles. The summed E-state index contributed by atoms with van der Waals surface area (Å²) in [6.07, 6.45) is 1.03. The van der Waals surface area contributed by atoms with Gasteiger partial charge in [0.1, 0.15) is 0 Å². The Morgan fingerprint density at radius 3 is 2.56 bits per heavy atom. The lowest BCUT2D eigenvalue weighted by Gasteiger charge is -2.16. The van der Waals surface area contributed by atoms with Crippen LogP contribution in [-0.4, -0.2) is 44.0 Å². The number of nitrogens with zero attached hydrogens (tertiary/aromatic N) is 1. The van der Waals surface area contributed by atoms with Crippen LogP contribution in [0.1, 0.15) is 13.3 Å². The molecule has 1 atom stereocenters. The molecule has 1 unspecified atom stereocenters. The van der Waals surface area contributed by atoms with Crippen molar-refractivity contribution in [3.63, 3.8) is 0 Å². The van der Waals surface area contributed by atoms with Crippen LogP contribution in [0, 0.1) is 0 Å². The minimum absolute atomic E-state index is 0.00194. The first-order valence-corrected chi connectivity index (χ1v) is 6.31. The maximum absolute atomic E-state index is 11.7. The monoisotopic (exact) mass is 249 g/mol. The molecule has 0 saturated carbocycles. The number of nitrogens with one attached hydrogen (secondary N) is 2. The molecule has 1 aromatic carbocycles. The van der Waals surface area contributed by atoms with Gasteiger partial charge in [-0.05, 0) is 46.1 Å². The lowest BCUT2D eigenvalue weighted by atomic mass is 10.2. The van der Waals surface area contributed by atoms with Gasteiger partial charge in [-0.3, -0.25) is 4.79 Å². The summed E-state index contributed by atoms with van der Waals surface area (Å²) in [4.78, 5) is 13.8. The van der Waals surface area contributed by atoms with Crippen molar-refractivity contribution in [1.29, 1.82) is 0 Å². The first-order chi connectivity index (χ1) is 8.58. The van der Waals surface area contributed by atoms with Crippen molar-refractivity contribution in [2.75, 3.05) is 32.5 Å². The number of benzene rings is 1. The molecular weight excluding hydrogens is 226 g/mol. The van der Waals surface area contributed by atoms with Gasteiger partial charge in [-0.1, -0.05) is 18.2 Å². The second-order valence-electron chi connectivity index (χ2n) is 4.79. The van der Waals surface area contributed by atoms with Crippen LogP contribution in [-0.2, 0) is 4.79 Å². The van der Waals surface area contributed by atoms with E-state index >= 15 is 0 Å². The van der Waals surface area contributed by atoms with Crippen molar-refractivity contribution in [2.45, 2.75) is 19.4 Å². The number of carbonyl (C=O) groups excluding carboxylic acids is 1. The van der Waals surface area contributed by atoms with E-state index in [4.69, 9.17) is 0 Å². The summed E-state index contributed by atoms with van der Waals surface area (Å²) in [5.74, 6) is -0.00194. The van der Waals surface area contributed by atoms with Gasteiger partial charge < -0.3 is 15.5 Å². The molecule has 18 heavy (non-hydrogen) atoms. The van der Waals surface area contributed by atoms with E-state index in [1.807, 2.05) is 30.3 Å². The number of rotatable bonds is 7. The molecule has 1 rings (SSSR count). The van der Waals surface area contributed by atoms with Gasteiger partial charge in [-0.25, -0.2) is 0 Å². The molecule has 0 fully saturated rings. The highest BCUT2D eigenvalue weighted by atomic mass is 16.1. The number of amides is 1. The highest BCUT2D eigenvalue weighted by Gasteiger charge is 2.06. The average Bonchev–Trinajstić information content (AvgIpc) is 2.35. The van der Waals surface area contributed by atoms with Gasteiger partial charge >= 0.3 is 0 Å². The first-order valence-electron chi connectivity index (χ1n) is 6.31. The van der Waals surface area contributed by atoms with Crippen molar-refractivity contribution in [3.05, 3.63) is 30.3 Å². The van der Waals surface area contributed by atoms with E-state index in [9.17, 15) is 4.79 Å². The van der Waals surface area contributed by atoms with E-state index in [1.54, 1.807) is 0 Å². The Bertz CT molecular complexity index is 351. The van der Waals surface area contributed by atoms with E-state index in [0.29, 0.717) is 12.6 Å². The molecule has 0 radical (unpaired) electrons. The van der Waals surface area contributed by atoms with Crippen molar-refractivity contribution < 1.29 is 4.79 Å². The van der Waals surface area contributed by atoms with Crippen molar-refractivity contribution in [2.24, 2.45) is 0 Å². The zero-order chi connectivity index (χ0) is 13.4. The number of hydrogen-bond acceptors (Lipinski definition) is 3. The van der Waals surface area contributed by atoms with Gasteiger partial charge in [0.05, 0.1) is 6.54 Å². The smallest absolute Gasteiger partial charge is 0.238 e. The zero-order valence-corrected chi connectivity index (χ0v) is 11.4. The fraction of sp³-hybridized carbons (Fsp3) is 0.500. The Kier molecular flexibility index (Phi) is 6.39. The standard InChI is InChI=1S/C14H23N3O/c1-12(9-10-17(2)3)15-11-14(18)16-13-7-5-4-6-8-13/h4-8,12,15H,9-11H2,1-3H3,(H,16,18). The molecule has 4 heteroatoms. The Morgan fingerprint density at radius 2 is 1.94 bits per heavy atom. The van der Waals surface area contributed by atoms with E-state index in [0.717, 1.165) is 18.7 Å². The molecule has 0 saturated heterocycles. The Morgan fingerprint density at radius 1 is 1.28 bits per heavy atom. The highest BCUT2D eigenvalue weighted by molar-refractivity contribution is 5.92. The normalized spacial score (nSPS) is 12.4. The molecule has 0 aliphatic rings. The third-order valence-corrected chi connectivity index (χ3v) is 2.68. The summed E-state index contributed by atoms with van der Waals surface area (Å²) >= 11 is 0. The van der Waals surface area contributed by atoms with E-state index in [1.165, 1.54) is 0 Å². The highest BCUT2D eigenvalue weighted by Crippen LogP contribution is 2.04. The molecule has 0 heterocycles. The SMILES string of the molecule is CC(CCN(C)C)NCC(=O)Nc1ccccc1. The summed E-state index contributed by atoms with van der Waals surface area (Å²) < 4.78 is 0. The molecule has 0 bridgehead atoms. The Hall–Kier alpha value is -1.39. The minimum atomic E-state index is -0.00194. The lowest BCUT2D eigenvalue weighted by Crippen LogP contribution is -2.36. The molecule has 0 aromatic heterocycles. The number of anilines is 1. The maximum atomic E-state index is 11.7. The molecule has 100 valence electrons. The predicted octanol–water partition coefficient (Wildman–Crippen LogP) is 1.55. The summed E-state index contributed by atoms with van der Waals surface area (Å²) in [5, 5.41) is 6.07. The van der Waals surface area contributed by atoms with Crippen LogP contribution in [0.5, 0.6) is 0 Å². The predicted molar refractivity (Wildman–Crippen MR) is 75.7 cm³/mol. The van der Waals surface area contributed by atoms with Crippen molar-refractivity contribution >= 4 is 11.6 Å². The van der Waals surface area contributed by atoms with Gasteiger partial charge in [-0.2, -0.15) is 0 Å². The number of carbonyl (C=O) groups is 1. The molecular formula is C14H23N3O. The van der Waals surface area contributed by atoms with E-state index in [-0.39, 0.29) is 5.91 Å². The van der Waals surface area contributed by atoms with E-state index in [2.05, 4.69) is 36.6 Å². The Balaban J connectivity index is 2.21. The summed E-state index contributed by atoms with van der Waals surface area (Å²) in [7, 11) is 4.10. The zero-order valence-electron chi connectivity index (χ0n) is 11.4. The topological polar surface area (TPSA) is 44.4 Å². The van der Waals surface area contributed by atoms with Crippen LogP contribution < -0.4 is 10.6 Å². The second-order valence-corrected chi connectivity index (χ2v) is 4.79. The van der Waals surface area contributed by atoms with Crippen molar-refractivity contribution in [1.82, 2.24) is 10.2 Å². The summed E-state index contributed by atoms with van der Waals surface area (Å²) in [6, 6.07) is 9.85. The lowest BCUT2D eigenvalue weighted by molar-refractivity contribution is -0.115. The van der Waals surface area contributed by atoms with Gasteiger partial charge in [0.15, 0.2) is 0 Å². The Labute approximate surface area is 109 Å². The van der Waals surface area contributed by atoms with Gasteiger partial charge in [0.25, 0.3) is 0 Å². The number of hydrogen-bond donors (Lipinski definition) is 2. The molecule has 1 amide bonds. The van der Waals surface area contributed by atoms with Gasteiger partial charge in [-0.15, -0.1) is 0 Å². The first kappa shape index (κ1) is 14.7. The molecule has 2 N–H and O–H groups in total. The van der Waals surface area contributed by atoms with Crippen LogP contribution in [0.4, 0.5) is 5.69 Å². The molecule has 0 aliphatic carbocycles. The third kappa shape index (κ3) is 6.37. The van der Waals surface area contributed by atoms with E-state index < -0.39 is 0 Å². The van der Waals surface area contributed by atoms with Crippen molar-refractivity contribution in [3.8, 4) is 0 Å². The largest absolute Gasteiger partial charge is 0.325 e. The molecule has 0 spiro atoms. The average molecular weight is 249 g/mol. The molecule has 1 aromatic rings. The number of para-hydroxylation sites is 1. The van der Waals surface area contributed by atoms with Crippen LogP contribution in [0.25, 0.3) is 0 Å². The van der Waals surface area contributed by atoms with Crippen LogP contribution in [0.2, 0.25) is 0 Å². The maximum Gasteiger partial charge on any atom is 0.238 e.